The minimum absolute atomic E-state index is 0.0140. The Morgan fingerprint density at radius 1 is 1.09 bits per heavy atom. The van der Waals surface area contributed by atoms with Crippen molar-refractivity contribution in [3.05, 3.63) is 52.0 Å². The van der Waals surface area contributed by atoms with E-state index in [1.807, 2.05) is 58.3 Å². The van der Waals surface area contributed by atoms with Gasteiger partial charge in [-0.2, -0.15) is 0 Å². The van der Waals surface area contributed by atoms with Crippen LogP contribution in [0.5, 0.6) is 0 Å². The first-order valence-electron chi connectivity index (χ1n) is 17.1. The first kappa shape index (κ1) is 38.1. The number of nitrogens with zero attached hydrogens (tertiary/aromatic N) is 3. The Morgan fingerprint density at radius 2 is 1.79 bits per heavy atom. The third kappa shape index (κ3) is 11.1. The van der Waals surface area contributed by atoms with Crippen molar-refractivity contribution >= 4 is 35.0 Å². The number of carboxylic acids is 1. The van der Waals surface area contributed by atoms with Crippen molar-refractivity contribution in [2.75, 3.05) is 20.6 Å². The van der Waals surface area contributed by atoms with Crippen LogP contribution in [0.2, 0.25) is 0 Å². The molecule has 0 spiro atoms. The lowest BCUT2D eigenvalue weighted by Gasteiger charge is -2.37. The van der Waals surface area contributed by atoms with Crippen molar-refractivity contribution in [2.24, 2.45) is 17.8 Å². The predicted molar refractivity (Wildman–Crippen MR) is 186 cm³/mol. The van der Waals surface area contributed by atoms with Gasteiger partial charge in [0.25, 0.3) is 5.91 Å². The number of hydrogen-bond donors (Lipinski definition) is 3. The molecule has 0 bridgehead atoms. The molecular formula is C36H55N5O5S. The normalized spacial score (nSPS) is 18.5. The smallest absolute Gasteiger partial charge is 0.306 e. The van der Waals surface area contributed by atoms with Gasteiger partial charge < -0.3 is 20.6 Å². The van der Waals surface area contributed by atoms with Crippen LogP contribution < -0.4 is 10.6 Å². The highest BCUT2D eigenvalue weighted by Crippen LogP contribution is 2.23. The number of hydrogen-bond acceptors (Lipinski definition) is 7. The summed E-state index contributed by atoms with van der Waals surface area (Å²) in [5.74, 6) is -1.83. The highest BCUT2D eigenvalue weighted by molar-refractivity contribution is 7.09. The third-order valence-electron chi connectivity index (χ3n) is 9.62. The zero-order valence-electron chi connectivity index (χ0n) is 29.2. The number of piperidine rings is 1. The Bertz CT molecular complexity index is 1320. The second-order valence-electron chi connectivity index (χ2n) is 13.6. The van der Waals surface area contributed by atoms with Crippen molar-refractivity contribution < 1.29 is 24.3 Å². The van der Waals surface area contributed by atoms with Crippen LogP contribution in [-0.2, 0) is 27.2 Å². The second kappa shape index (κ2) is 18.3. The van der Waals surface area contributed by atoms with E-state index in [-0.39, 0.29) is 47.7 Å². The first-order chi connectivity index (χ1) is 22.3. The predicted octanol–water partition coefficient (Wildman–Crippen LogP) is 5.03. The maximum Gasteiger partial charge on any atom is 0.306 e. The van der Waals surface area contributed by atoms with E-state index in [0.29, 0.717) is 31.4 Å². The van der Waals surface area contributed by atoms with E-state index >= 15 is 0 Å². The third-order valence-corrected chi connectivity index (χ3v) is 10.5. The van der Waals surface area contributed by atoms with Crippen LogP contribution in [0.3, 0.4) is 0 Å². The highest BCUT2D eigenvalue weighted by Gasteiger charge is 2.35. The van der Waals surface area contributed by atoms with E-state index in [4.69, 9.17) is 0 Å². The number of aryl methyl sites for hydroxylation is 1. The maximum absolute atomic E-state index is 13.9. The van der Waals surface area contributed by atoms with Crippen LogP contribution in [0.4, 0.5) is 0 Å². The lowest BCUT2D eigenvalue weighted by Crippen LogP contribution is -2.57. The van der Waals surface area contributed by atoms with Gasteiger partial charge in [0.2, 0.25) is 11.8 Å². The maximum atomic E-state index is 13.9. The van der Waals surface area contributed by atoms with E-state index in [1.54, 1.807) is 17.2 Å². The van der Waals surface area contributed by atoms with Gasteiger partial charge in [-0.1, -0.05) is 77.8 Å². The molecule has 2 aromatic rings. The Morgan fingerprint density at radius 3 is 2.40 bits per heavy atom. The number of aliphatic carboxylic acids is 1. The van der Waals surface area contributed by atoms with Gasteiger partial charge in [0.15, 0.2) is 0 Å². The molecule has 1 unspecified atom stereocenters. The molecule has 3 N–H and O–H groups in total. The van der Waals surface area contributed by atoms with E-state index in [1.165, 1.54) is 11.3 Å². The SMILES string of the molecule is CC[C@H](C)[C@H](NC(=O)C1CCCCN1C)C(=O)N(C)[C@H](CCc1nc(C(=O)N[C@H](Cc2ccccc2)C[C@H](C)C(=O)O)cs1)C(C)C. The van der Waals surface area contributed by atoms with E-state index in [9.17, 15) is 24.3 Å². The Kier molecular flexibility index (Phi) is 14.8. The fourth-order valence-electron chi connectivity index (χ4n) is 6.38. The van der Waals surface area contributed by atoms with Crippen LogP contribution in [-0.4, -0.2) is 88.4 Å². The fraction of sp³-hybridized carbons (Fsp3) is 0.639. The zero-order valence-corrected chi connectivity index (χ0v) is 30.0. The topological polar surface area (TPSA) is 132 Å². The summed E-state index contributed by atoms with van der Waals surface area (Å²) in [5, 5.41) is 18.1. The Hall–Kier alpha value is -3.31. The molecule has 1 aliphatic heterocycles. The summed E-state index contributed by atoms with van der Waals surface area (Å²) in [6, 6.07) is 8.45. The summed E-state index contributed by atoms with van der Waals surface area (Å²) < 4.78 is 0. The summed E-state index contributed by atoms with van der Waals surface area (Å²) in [4.78, 5) is 60.5. The highest BCUT2D eigenvalue weighted by atomic mass is 32.1. The lowest BCUT2D eigenvalue weighted by atomic mass is 9.93. The van der Waals surface area contributed by atoms with Gasteiger partial charge in [-0.3, -0.25) is 24.1 Å². The van der Waals surface area contributed by atoms with Crippen molar-refractivity contribution in [1.82, 2.24) is 25.4 Å². The van der Waals surface area contributed by atoms with Gasteiger partial charge in [-0.15, -0.1) is 11.3 Å². The number of likely N-dealkylation sites (tertiary alicyclic amines) is 1. The first-order valence-corrected chi connectivity index (χ1v) is 18.0. The number of nitrogens with one attached hydrogen (secondary N) is 2. The molecule has 2 heterocycles. The molecule has 1 aromatic heterocycles. The van der Waals surface area contributed by atoms with Gasteiger partial charge >= 0.3 is 5.97 Å². The summed E-state index contributed by atoms with van der Waals surface area (Å²) in [6.07, 6.45) is 5.74. The monoisotopic (exact) mass is 669 g/mol. The standard InChI is InChI=1S/C36H55N5O5S/c1-8-24(4)32(39-34(43)30-16-12-13-19-40(30)6)35(44)41(7)29(23(2)3)17-18-31-38-28(22-47-31)33(42)37-27(20-25(5)36(45)46)21-26-14-10-9-11-15-26/h9-11,14-15,22-25,27,29-30,32H,8,12-13,16-21H2,1-7H3,(H,37,42)(H,39,43)(H,45,46)/t24-,25-,27-,29+,30?,32-/m0/s1. The zero-order chi connectivity index (χ0) is 34.7. The van der Waals surface area contributed by atoms with Crippen LogP contribution in [0.1, 0.15) is 94.2 Å². The molecule has 6 atom stereocenters. The number of carboxylic acid groups (broad SMARTS) is 1. The molecule has 0 aliphatic carbocycles. The van der Waals surface area contributed by atoms with Crippen molar-refractivity contribution in [2.45, 2.75) is 110 Å². The van der Waals surface area contributed by atoms with Gasteiger partial charge in [0.05, 0.1) is 17.0 Å². The number of benzene rings is 1. The average molecular weight is 670 g/mol. The minimum atomic E-state index is -0.897. The molecule has 0 radical (unpaired) electrons. The molecule has 10 nitrogen and oxygen atoms in total. The van der Waals surface area contributed by atoms with Gasteiger partial charge in [0.1, 0.15) is 11.7 Å². The van der Waals surface area contributed by atoms with Crippen molar-refractivity contribution in [3.63, 3.8) is 0 Å². The van der Waals surface area contributed by atoms with Crippen LogP contribution >= 0.6 is 11.3 Å². The molecular weight excluding hydrogens is 614 g/mol. The van der Waals surface area contributed by atoms with E-state index < -0.39 is 17.9 Å². The van der Waals surface area contributed by atoms with Crippen LogP contribution in [0, 0.1) is 17.8 Å². The van der Waals surface area contributed by atoms with Crippen molar-refractivity contribution in [3.8, 4) is 0 Å². The largest absolute Gasteiger partial charge is 0.481 e. The molecule has 260 valence electrons. The molecule has 0 saturated carbocycles. The van der Waals surface area contributed by atoms with Gasteiger partial charge in [0, 0.05) is 30.9 Å². The minimum Gasteiger partial charge on any atom is -0.481 e. The summed E-state index contributed by atoms with van der Waals surface area (Å²) >= 11 is 1.41. The number of likely N-dealkylation sites (N-methyl/N-ethyl adjacent to an activating group) is 2. The van der Waals surface area contributed by atoms with Crippen LogP contribution in [0.15, 0.2) is 35.7 Å². The fourth-order valence-corrected chi connectivity index (χ4v) is 7.17. The molecule has 1 fully saturated rings. The average Bonchev–Trinajstić information content (AvgIpc) is 3.52. The molecule has 47 heavy (non-hydrogen) atoms. The van der Waals surface area contributed by atoms with E-state index in [2.05, 4.69) is 34.4 Å². The second-order valence-corrected chi connectivity index (χ2v) is 14.6. The van der Waals surface area contributed by atoms with Gasteiger partial charge in [-0.05, 0) is 63.1 Å². The molecule has 1 aliphatic rings. The molecule has 3 amide bonds. The summed E-state index contributed by atoms with van der Waals surface area (Å²) in [7, 11) is 3.80. The van der Waals surface area contributed by atoms with Crippen LogP contribution in [0.25, 0.3) is 0 Å². The Labute approximate surface area is 284 Å². The quantitative estimate of drug-likeness (QED) is 0.215. The summed E-state index contributed by atoms with van der Waals surface area (Å²) in [6.45, 7) is 10.8. The summed E-state index contributed by atoms with van der Waals surface area (Å²) in [5.41, 5.74) is 1.33. The number of amides is 3. The number of rotatable bonds is 17. The number of carbonyl (C=O) groups excluding carboxylic acids is 3. The van der Waals surface area contributed by atoms with E-state index in [0.717, 1.165) is 42.8 Å². The molecule has 1 aromatic carbocycles. The Balaban J connectivity index is 1.66. The number of carbonyl (C=O) groups is 4. The number of aromatic nitrogens is 1. The molecule has 1 saturated heterocycles. The lowest BCUT2D eigenvalue weighted by molar-refractivity contribution is -0.141. The van der Waals surface area contributed by atoms with Gasteiger partial charge in [-0.25, -0.2) is 4.98 Å². The van der Waals surface area contributed by atoms with Crippen molar-refractivity contribution in [1.29, 1.82) is 0 Å². The molecule has 3 rings (SSSR count). The molecule has 11 heteroatoms. The number of thiazole rings is 1.